The molecule has 2 unspecified atom stereocenters. The number of ether oxygens (including phenoxy) is 1. The Kier molecular flexibility index (Phi) is 6.54. The molecule has 0 aromatic rings. The first-order valence-corrected chi connectivity index (χ1v) is 4.73. The number of rotatable bonds is 6. The third-order valence-corrected chi connectivity index (χ3v) is 1.92. The number of carbonyl (C=O) groups excluding carboxylic acids is 1. The van der Waals surface area contributed by atoms with Crippen molar-refractivity contribution in [3.63, 3.8) is 0 Å². The summed E-state index contributed by atoms with van der Waals surface area (Å²) in [5, 5.41) is 0. The molecule has 0 spiro atoms. The molecule has 4 nitrogen and oxygen atoms in total. The van der Waals surface area contributed by atoms with E-state index in [1.165, 1.54) is 0 Å². The molecular weight excluding hydrogens is 168 g/mol. The van der Waals surface area contributed by atoms with Crippen molar-refractivity contribution in [2.45, 2.75) is 39.7 Å². The van der Waals surface area contributed by atoms with Gasteiger partial charge in [-0.05, 0) is 19.3 Å². The van der Waals surface area contributed by atoms with Crippen molar-refractivity contribution in [3.8, 4) is 0 Å². The molecule has 0 heterocycles. The normalized spacial score (nSPS) is 15.1. The number of nitrogens with two attached hydrogens (primary N) is 1. The molecule has 78 valence electrons. The van der Waals surface area contributed by atoms with Crippen molar-refractivity contribution in [1.82, 2.24) is 5.43 Å². The maximum Gasteiger partial charge on any atom is 0.262 e. The molecule has 0 fully saturated rings. The monoisotopic (exact) mass is 188 g/mol. The van der Waals surface area contributed by atoms with Crippen LogP contribution in [0.3, 0.4) is 0 Å². The van der Waals surface area contributed by atoms with Crippen LogP contribution in [0.25, 0.3) is 0 Å². The summed E-state index contributed by atoms with van der Waals surface area (Å²) >= 11 is 0. The molecule has 0 saturated heterocycles. The van der Waals surface area contributed by atoms with E-state index >= 15 is 0 Å². The van der Waals surface area contributed by atoms with Crippen LogP contribution in [0.15, 0.2) is 0 Å². The van der Waals surface area contributed by atoms with Gasteiger partial charge in [0.05, 0.1) is 6.61 Å². The van der Waals surface area contributed by atoms with Crippen LogP contribution in [-0.2, 0) is 9.53 Å². The lowest BCUT2D eigenvalue weighted by atomic mass is 10.1. The lowest BCUT2D eigenvalue weighted by molar-refractivity contribution is -0.132. The molecule has 0 aromatic carbocycles. The zero-order valence-corrected chi connectivity index (χ0v) is 8.67. The van der Waals surface area contributed by atoms with Crippen molar-refractivity contribution < 1.29 is 9.53 Å². The SMILES string of the molecule is CCCC(C)COC(C)C(=O)NN. The fourth-order valence-corrected chi connectivity index (χ4v) is 1.08. The Morgan fingerprint density at radius 1 is 1.54 bits per heavy atom. The third kappa shape index (κ3) is 5.60. The minimum Gasteiger partial charge on any atom is -0.368 e. The van der Waals surface area contributed by atoms with Crippen LogP contribution in [0.1, 0.15) is 33.6 Å². The highest BCUT2D eigenvalue weighted by Gasteiger charge is 2.12. The van der Waals surface area contributed by atoms with Gasteiger partial charge >= 0.3 is 0 Å². The molecule has 0 radical (unpaired) electrons. The molecule has 0 aliphatic rings. The lowest BCUT2D eigenvalue weighted by Crippen LogP contribution is -2.39. The average Bonchev–Trinajstić information content (AvgIpc) is 2.13. The van der Waals surface area contributed by atoms with Gasteiger partial charge in [0.1, 0.15) is 6.10 Å². The van der Waals surface area contributed by atoms with Crippen molar-refractivity contribution in [1.29, 1.82) is 0 Å². The van der Waals surface area contributed by atoms with Crippen LogP contribution in [-0.4, -0.2) is 18.6 Å². The molecule has 0 rings (SSSR count). The van der Waals surface area contributed by atoms with Crippen LogP contribution >= 0.6 is 0 Å². The molecule has 0 aliphatic heterocycles. The van der Waals surface area contributed by atoms with E-state index in [1.54, 1.807) is 6.92 Å². The summed E-state index contributed by atoms with van der Waals surface area (Å²) in [7, 11) is 0. The smallest absolute Gasteiger partial charge is 0.262 e. The van der Waals surface area contributed by atoms with Crippen LogP contribution in [0.2, 0.25) is 0 Å². The van der Waals surface area contributed by atoms with Crippen molar-refractivity contribution >= 4 is 5.91 Å². The van der Waals surface area contributed by atoms with Gasteiger partial charge < -0.3 is 4.74 Å². The van der Waals surface area contributed by atoms with Gasteiger partial charge in [-0.15, -0.1) is 0 Å². The first-order valence-electron chi connectivity index (χ1n) is 4.73. The van der Waals surface area contributed by atoms with E-state index in [2.05, 4.69) is 19.3 Å². The Labute approximate surface area is 79.8 Å². The molecule has 0 aliphatic carbocycles. The number of nitrogens with one attached hydrogen (secondary N) is 1. The highest BCUT2D eigenvalue weighted by molar-refractivity contribution is 5.79. The predicted molar refractivity (Wildman–Crippen MR) is 51.8 cm³/mol. The molecule has 4 heteroatoms. The minimum absolute atomic E-state index is 0.274. The van der Waals surface area contributed by atoms with Gasteiger partial charge in [0.2, 0.25) is 0 Å². The standard InChI is InChI=1S/C9H20N2O2/c1-4-5-7(2)6-13-8(3)9(12)11-10/h7-8H,4-6,10H2,1-3H3,(H,11,12). The Hall–Kier alpha value is -0.610. The van der Waals surface area contributed by atoms with Gasteiger partial charge in [0, 0.05) is 0 Å². The predicted octanol–water partition coefficient (Wildman–Crippen LogP) is 0.818. The van der Waals surface area contributed by atoms with Crippen molar-refractivity contribution in [2.24, 2.45) is 11.8 Å². The maximum atomic E-state index is 10.9. The topological polar surface area (TPSA) is 64.3 Å². The van der Waals surface area contributed by atoms with Gasteiger partial charge in [-0.2, -0.15) is 0 Å². The van der Waals surface area contributed by atoms with E-state index in [-0.39, 0.29) is 5.91 Å². The molecule has 0 bridgehead atoms. The number of carbonyl (C=O) groups is 1. The minimum atomic E-state index is -0.454. The van der Waals surface area contributed by atoms with Gasteiger partial charge in [-0.3, -0.25) is 10.2 Å². The molecule has 2 atom stereocenters. The maximum absolute atomic E-state index is 10.9. The Morgan fingerprint density at radius 2 is 2.15 bits per heavy atom. The number of hydrazine groups is 1. The Bertz CT molecular complexity index is 151. The summed E-state index contributed by atoms with van der Waals surface area (Å²) in [6, 6.07) is 0. The summed E-state index contributed by atoms with van der Waals surface area (Å²) in [6.07, 6.45) is 1.81. The Morgan fingerprint density at radius 3 is 2.62 bits per heavy atom. The second-order valence-electron chi connectivity index (χ2n) is 3.38. The van der Waals surface area contributed by atoms with Gasteiger partial charge in [-0.1, -0.05) is 20.3 Å². The quantitative estimate of drug-likeness (QED) is 0.368. The van der Waals surface area contributed by atoms with Gasteiger partial charge in [0.15, 0.2) is 0 Å². The van der Waals surface area contributed by atoms with Crippen LogP contribution < -0.4 is 11.3 Å². The van der Waals surface area contributed by atoms with E-state index in [0.29, 0.717) is 12.5 Å². The van der Waals surface area contributed by atoms with Crippen molar-refractivity contribution in [3.05, 3.63) is 0 Å². The first kappa shape index (κ1) is 12.4. The molecule has 1 amide bonds. The summed E-state index contributed by atoms with van der Waals surface area (Å²) in [5.41, 5.74) is 2.06. The van der Waals surface area contributed by atoms with E-state index in [1.807, 2.05) is 0 Å². The molecular formula is C9H20N2O2. The van der Waals surface area contributed by atoms with Crippen LogP contribution in [0, 0.1) is 5.92 Å². The lowest BCUT2D eigenvalue weighted by Gasteiger charge is -2.15. The fraction of sp³-hybridized carbons (Fsp3) is 0.889. The number of amides is 1. The first-order chi connectivity index (χ1) is 6.11. The third-order valence-electron chi connectivity index (χ3n) is 1.92. The largest absolute Gasteiger partial charge is 0.368 e. The highest BCUT2D eigenvalue weighted by Crippen LogP contribution is 2.06. The van der Waals surface area contributed by atoms with Gasteiger partial charge in [-0.25, -0.2) is 5.84 Å². The molecule has 3 N–H and O–H groups in total. The zero-order chi connectivity index (χ0) is 10.3. The summed E-state index contributed by atoms with van der Waals surface area (Å²) in [4.78, 5) is 10.9. The second kappa shape index (κ2) is 6.86. The van der Waals surface area contributed by atoms with E-state index < -0.39 is 6.10 Å². The van der Waals surface area contributed by atoms with E-state index in [0.717, 1.165) is 12.8 Å². The van der Waals surface area contributed by atoms with Crippen LogP contribution in [0.4, 0.5) is 0 Å². The van der Waals surface area contributed by atoms with E-state index in [4.69, 9.17) is 10.6 Å². The molecule has 13 heavy (non-hydrogen) atoms. The van der Waals surface area contributed by atoms with Crippen molar-refractivity contribution in [2.75, 3.05) is 6.61 Å². The highest BCUT2D eigenvalue weighted by atomic mass is 16.5. The average molecular weight is 188 g/mol. The molecule has 0 aromatic heterocycles. The number of hydrogen-bond donors (Lipinski definition) is 2. The zero-order valence-electron chi connectivity index (χ0n) is 8.67. The number of hydrogen-bond acceptors (Lipinski definition) is 3. The van der Waals surface area contributed by atoms with E-state index in [9.17, 15) is 4.79 Å². The summed E-state index contributed by atoms with van der Waals surface area (Å²) in [6.45, 7) is 6.55. The Balaban J connectivity index is 3.56. The second-order valence-corrected chi connectivity index (χ2v) is 3.38. The molecule has 0 saturated carbocycles. The van der Waals surface area contributed by atoms with Gasteiger partial charge in [0.25, 0.3) is 5.91 Å². The summed E-state index contributed by atoms with van der Waals surface area (Å²) < 4.78 is 5.32. The fourth-order valence-electron chi connectivity index (χ4n) is 1.08. The summed E-state index contributed by atoms with van der Waals surface area (Å²) in [5.74, 6) is 5.18. The van der Waals surface area contributed by atoms with Crippen LogP contribution in [0.5, 0.6) is 0 Å².